The molecule has 1 N–H and O–H groups in total. The summed E-state index contributed by atoms with van der Waals surface area (Å²) in [6.07, 6.45) is 5.52. The summed E-state index contributed by atoms with van der Waals surface area (Å²) in [5.74, 6) is 1.96. The van der Waals surface area contributed by atoms with Crippen molar-refractivity contribution < 1.29 is 0 Å². The second kappa shape index (κ2) is 5.31. The Morgan fingerprint density at radius 2 is 2.20 bits per heavy atom. The summed E-state index contributed by atoms with van der Waals surface area (Å²) in [7, 11) is 0. The summed E-state index contributed by atoms with van der Waals surface area (Å²) in [5.41, 5.74) is 0. The molecule has 3 atom stereocenters. The van der Waals surface area contributed by atoms with Crippen LogP contribution in [0.2, 0.25) is 0 Å². The van der Waals surface area contributed by atoms with Crippen molar-refractivity contribution in [3.63, 3.8) is 0 Å². The second-order valence-electron chi connectivity index (χ2n) is 5.43. The van der Waals surface area contributed by atoms with Crippen LogP contribution in [0.5, 0.6) is 0 Å². The molecule has 0 saturated carbocycles. The van der Waals surface area contributed by atoms with Gasteiger partial charge in [-0.05, 0) is 57.7 Å². The first-order valence-corrected chi connectivity index (χ1v) is 6.76. The van der Waals surface area contributed by atoms with Gasteiger partial charge in [0, 0.05) is 12.6 Å². The van der Waals surface area contributed by atoms with Crippen LogP contribution in [-0.2, 0) is 0 Å². The van der Waals surface area contributed by atoms with E-state index in [9.17, 15) is 0 Å². The summed E-state index contributed by atoms with van der Waals surface area (Å²) in [5, 5.41) is 3.53. The van der Waals surface area contributed by atoms with Gasteiger partial charge in [-0.15, -0.1) is 0 Å². The summed E-state index contributed by atoms with van der Waals surface area (Å²) in [6.45, 7) is 9.94. The summed E-state index contributed by atoms with van der Waals surface area (Å²) < 4.78 is 0. The van der Waals surface area contributed by atoms with E-state index in [2.05, 4.69) is 24.1 Å². The van der Waals surface area contributed by atoms with Crippen LogP contribution in [0.15, 0.2) is 0 Å². The van der Waals surface area contributed by atoms with E-state index in [0.717, 1.165) is 17.9 Å². The van der Waals surface area contributed by atoms with Gasteiger partial charge in [0.05, 0.1) is 0 Å². The van der Waals surface area contributed by atoms with Gasteiger partial charge in [-0.3, -0.25) is 0 Å². The molecule has 2 rings (SSSR count). The molecule has 0 aromatic heterocycles. The Balaban J connectivity index is 1.85. The topological polar surface area (TPSA) is 15.3 Å². The van der Waals surface area contributed by atoms with Crippen molar-refractivity contribution in [3.8, 4) is 0 Å². The minimum atomic E-state index is 0.811. The number of hydrogen-bond donors (Lipinski definition) is 1. The molecule has 2 aliphatic heterocycles. The molecule has 0 spiro atoms. The number of nitrogens with zero attached hydrogens (tertiary/aromatic N) is 1. The molecule has 0 aliphatic carbocycles. The van der Waals surface area contributed by atoms with Crippen LogP contribution >= 0.6 is 0 Å². The Morgan fingerprint density at radius 3 is 3.00 bits per heavy atom. The van der Waals surface area contributed by atoms with E-state index < -0.39 is 0 Å². The zero-order valence-corrected chi connectivity index (χ0v) is 10.3. The van der Waals surface area contributed by atoms with Gasteiger partial charge < -0.3 is 10.2 Å². The fourth-order valence-electron chi connectivity index (χ4n) is 3.28. The highest BCUT2D eigenvalue weighted by Crippen LogP contribution is 2.29. The molecule has 2 saturated heterocycles. The Morgan fingerprint density at radius 1 is 1.33 bits per heavy atom. The zero-order chi connectivity index (χ0) is 10.7. The van der Waals surface area contributed by atoms with Crippen molar-refractivity contribution in [1.82, 2.24) is 10.2 Å². The lowest BCUT2D eigenvalue weighted by Crippen LogP contribution is -2.50. The van der Waals surface area contributed by atoms with E-state index in [1.165, 1.54) is 51.9 Å². The van der Waals surface area contributed by atoms with E-state index >= 15 is 0 Å². The normalized spacial score (nSPS) is 34.8. The van der Waals surface area contributed by atoms with Gasteiger partial charge in [-0.2, -0.15) is 0 Å². The second-order valence-corrected chi connectivity index (χ2v) is 5.43. The Hall–Kier alpha value is -0.0800. The largest absolute Gasteiger partial charge is 0.316 e. The van der Waals surface area contributed by atoms with E-state index in [4.69, 9.17) is 0 Å². The Bertz CT molecular complexity index is 193. The third kappa shape index (κ3) is 2.73. The molecule has 0 bridgehead atoms. The first-order chi connectivity index (χ1) is 7.31. The zero-order valence-electron chi connectivity index (χ0n) is 10.3. The van der Waals surface area contributed by atoms with Crippen molar-refractivity contribution in [2.24, 2.45) is 11.8 Å². The predicted octanol–water partition coefficient (Wildman–Crippen LogP) is 2.11. The van der Waals surface area contributed by atoms with Crippen LogP contribution in [0.4, 0.5) is 0 Å². The minimum absolute atomic E-state index is 0.811. The quantitative estimate of drug-likeness (QED) is 0.767. The van der Waals surface area contributed by atoms with Crippen molar-refractivity contribution >= 4 is 0 Å². The molecular formula is C13H26N2. The van der Waals surface area contributed by atoms with Gasteiger partial charge in [0.25, 0.3) is 0 Å². The maximum atomic E-state index is 3.53. The van der Waals surface area contributed by atoms with Crippen LogP contribution < -0.4 is 5.32 Å². The highest BCUT2D eigenvalue weighted by molar-refractivity contribution is 4.86. The van der Waals surface area contributed by atoms with Gasteiger partial charge in [-0.1, -0.05) is 13.3 Å². The summed E-state index contributed by atoms with van der Waals surface area (Å²) in [4.78, 5) is 2.73. The SMILES string of the molecule is CCCC(C)N1CCC2CNCCC2C1. The fraction of sp³-hybridized carbons (Fsp3) is 1.00. The lowest BCUT2D eigenvalue weighted by molar-refractivity contribution is 0.0660. The summed E-state index contributed by atoms with van der Waals surface area (Å²) in [6, 6.07) is 0.811. The molecule has 2 heterocycles. The molecule has 0 amide bonds. The lowest BCUT2D eigenvalue weighted by Gasteiger charge is -2.43. The van der Waals surface area contributed by atoms with Gasteiger partial charge in [0.2, 0.25) is 0 Å². The van der Waals surface area contributed by atoms with Gasteiger partial charge in [0.1, 0.15) is 0 Å². The maximum absolute atomic E-state index is 3.53. The van der Waals surface area contributed by atoms with Crippen LogP contribution in [0.3, 0.4) is 0 Å². The monoisotopic (exact) mass is 210 g/mol. The highest BCUT2D eigenvalue weighted by atomic mass is 15.2. The number of fused-ring (bicyclic) bond motifs is 1. The Kier molecular flexibility index (Phi) is 4.04. The average Bonchev–Trinajstić information content (AvgIpc) is 2.29. The molecule has 2 nitrogen and oxygen atoms in total. The van der Waals surface area contributed by atoms with Gasteiger partial charge in [-0.25, -0.2) is 0 Å². The third-order valence-corrected chi connectivity index (χ3v) is 4.35. The van der Waals surface area contributed by atoms with Gasteiger partial charge in [0.15, 0.2) is 0 Å². The van der Waals surface area contributed by atoms with E-state index in [1.54, 1.807) is 0 Å². The van der Waals surface area contributed by atoms with Crippen molar-refractivity contribution in [1.29, 1.82) is 0 Å². The predicted molar refractivity (Wildman–Crippen MR) is 65.0 cm³/mol. The molecule has 15 heavy (non-hydrogen) atoms. The summed E-state index contributed by atoms with van der Waals surface area (Å²) >= 11 is 0. The molecular weight excluding hydrogens is 184 g/mol. The van der Waals surface area contributed by atoms with E-state index in [1.807, 2.05) is 0 Å². The van der Waals surface area contributed by atoms with Crippen LogP contribution in [-0.4, -0.2) is 37.1 Å². The van der Waals surface area contributed by atoms with Crippen LogP contribution in [0.25, 0.3) is 0 Å². The molecule has 0 aromatic rings. The Labute approximate surface area is 94.4 Å². The first kappa shape index (κ1) is 11.4. The van der Waals surface area contributed by atoms with E-state index in [-0.39, 0.29) is 0 Å². The first-order valence-electron chi connectivity index (χ1n) is 6.76. The third-order valence-electron chi connectivity index (χ3n) is 4.35. The van der Waals surface area contributed by atoms with Crippen LogP contribution in [0, 0.1) is 11.8 Å². The molecule has 0 aromatic carbocycles. The lowest BCUT2D eigenvalue weighted by atomic mass is 9.80. The fourth-order valence-corrected chi connectivity index (χ4v) is 3.28. The van der Waals surface area contributed by atoms with Crippen molar-refractivity contribution in [3.05, 3.63) is 0 Å². The van der Waals surface area contributed by atoms with Gasteiger partial charge >= 0.3 is 0 Å². The molecule has 2 heteroatoms. The van der Waals surface area contributed by atoms with Crippen molar-refractivity contribution in [2.45, 2.75) is 45.6 Å². The van der Waals surface area contributed by atoms with E-state index in [0.29, 0.717) is 0 Å². The van der Waals surface area contributed by atoms with Crippen LogP contribution in [0.1, 0.15) is 39.5 Å². The average molecular weight is 210 g/mol. The molecule has 2 fully saturated rings. The molecule has 3 unspecified atom stereocenters. The maximum Gasteiger partial charge on any atom is 0.00669 e. The minimum Gasteiger partial charge on any atom is -0.316 e. The smallest absolute Gasteiger partial charge is 0.00669 e. The van der Waals surface area contributed by atoms with Crippen molar-refractivity contribution in [2.75, 3.05) is 26.2 Å². The number of hydrogen-bond acceptors (Lipinski definition) is 2. The standard InChI is InChI=1S/C13H26N2/c1-3-4-11(2)15-8-6-12-9-14-7-5-13(12)10-15/h11-14H,3-10H2,1-2H3. The number of nitrogens with one attached hydrogen (secondary N) is 1. The molecule has 0 radical (unpaired) electrons. The molecule has 2 aliphatic rings. The number of likely N-dealkylation sites (tertiary alicyclic amines) is 1. The number of piperidine rings is 2. The number of rotatable bonds is 3. The molecule has 88 valence electrons. The highest BCUT2D eigenvalue weighted by Gasteiger charge is 2.32.